The van der Waals surface area contributed by atoms with Gasteiger partial charge in [0.25, 0.3) is 0 Å². The fourth-order valence-corrected chi connectivity index (χ4v) is 4.67. The SMILES string of the molecule is Cc1csc(NC(=O)[C@]23CC[C@@](C)(C(=O)C2)C3(C)C)n1. The number of nitrogens with one attached hydrogen (secondary N) is 1. The van der Waals surface area contributed by atoms with E-state index in [1.165, 1.54) is 11.3 Å². The van der Waals surface area contributed by atoms with E-state index in [9.17, 15) is 9.59 Å². The summed E-state index contributed by atoms with van der Waals surface area (Å²) >= 11 is 1.43. The highest BCUT2D eigenvalue weighted by Gasteiger charge is 2.72. The number of aryl methyl sites for hydroxylation is 1. The van der Waals surface area contributed by atoms with Gasteiger partial charge in [-0.05, 0) is 25.2 Å². The zero-order chi connectivity index (χ0) is 14.8. The fourth-order valence-electron chi connectivity index (χ4n) is 3.99. The molecule has 0 aliphatic heterocycles. The molecule has 1 N–H and O–H groups in total. The highest BCUT2D eigenvalue weighted by Crippen LogP contribution is 2.70. The second kappa shape index (κ2) is 3.91. The topological polar surface area (TPSA) is 59.1 Å². The fraction of sp³-hybridized carbons (Fsp3) is 0.667. The van der Waals surface area contributed by atoms with Crippen molar-refractivity contribution in [2.45, 2.75) is 47.0 Å². The monoisotopic (exact) mass is 292 g/mol. The first-order valence-corrected chi connectivity index (χ1v) is 7.88. The summed E-state index contributed by atoms with van der Waals surface area (Å²) < 4.78 is 0. The summed E-state index contributed by atoms with van der Waals surface area (Å²) in [5.74, 6) is 0.200. The van der Waals surface area contributed by atoms with Crippen molar-refractivity contribution >= 4 is 28.2 Å². The van der Waals surface area contributed by atoms with Gasteiger partial charge in [-0.2, -0.15) is 0 Å². The second-order valence-electron chi connectivity index (χ2n) is 6.89. The Morgan fingerprint density at radius 2 is 2.05 bits per heavy atom. The highest BCUT2D eigenvalue weighted by molar-refractivity contribution is 7.13. The Labute approximate surface area is 123 Å². The molecule has 1 aromatic heterocycles. The zero-order valence-electron chi connectivity index (χ0n) is 12.4. The normalized spacial score (nSPS) is 34.5. The van der Waals surface area contributed by atoms with Gasteiger partial charge in [-0.15, -0.1) is 11.3 Å². The summed E-state index contributed by atoms with van der Waals surface area (Å²) in [6.07, 6.45) is 1.97. The molecule has 5 heteroatoms. The maximum absolute atomic E-state index is 12.8. The number of aromatic nitrogens is 1. The minimum absolute atomic E-state index is 0.0357. The Balaban J connectivity index is 1.93. The van der Waals surface area contributed by atoms with Crippen LogP contribution in [-0.2, 0) is 9.59 Å². The molecule has 2 fully saturated rings. The molecular weight excluding hydrogens is 272 g/mol. The van der Waals surface area contributed by atoms with Gasteiger partial charge < -0.3 is 5.32 Å². The maximum atomic E-state index is 12.8. The average Bonchev–Trinajstić information content (AvgIpc) is 2.89. The van der Waals surface area contributed by atoms with Crippen LogP contribution in [0.2, 0.25) is 0 Å². The van der Waals surface area contributed by atoms with Crippen molar-refractivity contribution in [3.05, 3.63) is 11.1 Å². The minimum Gasteiger partial charge on any atom is -0.301 e. The van der Waals surface area contributed by atoms with Gasteiger partial charge >= 0.3 is 0 Å². The molecule has 0 radical (unpaired) electrons. The predicted molar refractivity (Wildman–Crippen MR) is 78.7 cm³/mol. The van der Waals surface area contributed by atoms with Crippen LogP contribution in [0.3, 0.4) is 0 Å². The number of ketones is 1. The predicted octanol–water partition coefficient (Wildman–Crippen LogP) is 3.18. The number of thiazole rings is 1. The lowest BCUT2D eigenvalue weighted by Gasteiger charge is -2.38. The van der Waals surface area contributed by atoms with Crippen molar-refractivity contribution < 1.29 is 9.59 Å². The molecule has 2 aliphatic carbocycles. The summed E-state index contributed by atoms with van der Waals surface area (Å²) in [5, 5.41) is 5.48. The van der Waals surface area contributed by atoms with E-state index in [0.717, 1.165) is 18.5 Å². The lowest BCUT2D eigenvalue weighted by molar-refractivity contribution is -0.131. The van der Waals surface area contributed by atoms with Crippen LogP contribution in [0.1, 0.15) is 45.7 Å². The van der Waals surface area contributed by atoms with E-state index < -0.39 is 5.41 Å². The molecule has 2 atom stereocenters. The number of fused-ring (bicyclic) bond motifs is 2. The largest absolute Gasteiger partial charge is 0.301 e. The van der Waals surface area contributed by atoms with Gasteiger partial charge in [-0.1, -0.05) is 20.8 Å². The standard InChI is InChI=1S/C15H20N2O2S/c1-9-8-20-12(16-9)17-11(19)15-6-5-14(4,10(18)7-15)13(15,2)3/h8H,5-7H2,1-4H3,(H,16,17,19)/t14-,15-/m0/s1. The van der Waals surface area contributed by atoms with Gasteiger partial charge in [0.1, 0.15) is 5.78 Å². The quantitative estimate of drug-likeness (QED) is 0.910. The number of carbonyl (C=O) groups is 2. The molecule has 1 aromatic rings. The number of nitrogens with zero attached hydrogens (tertiary/aromatic N) is 1. The average molecular weight is 292 g/mol. The Morgan fingerprint density at radius 1 is 1.35 bits per heavy atom. The molecular formula is C15H20N2O2S. The third kappa shape index (κ3) is 1.44. The van der Waals surface area contributed by atoms with Gasteiger partial charge in [0.2, 0.25) is 5.91 Å². The lowest BCUT2D eigenvalue weighted by atomic mass is 9.64. The number of amides is 1. The van der Waals surface area contributed by atoms with E-state index in [1.54, 1.807) is 0 Å². The van der Waals surface area contributed by atoms with Crippen LogP contribution in [0.4, 0.5) is 5.13 Å². The molecule has 2 saturated carbocycles. The van der Waals surface area contributed by atoms with Crippen LogP contribution in [0.15, 0.2) is 5.38 Å². The van der Waals surface area contributed by atoms with E-state index >= 15 is 0 Å². The van der Waals surface area contributed by atoms with E-state index in [4.69, 9.17) is 0 Å². The van der Waals surface area contributed by atoms with Gasteiger partial charge in [0, 0.05) is 17.2 Å². The molecule has 0 saturated heterocycles. The van der Waals surface area contributed by atoms with Gasteiger partial charge in [-0.25, -0.2) is 4.98 Å². The maximum Gasteiger partial charge on any atom is 0.233 e. The smallest absolute Gasteiger partial charge is 0.233 e. The third-order valence-corrected chi connectivity index (χ3v) is 6.86. The van der Waals surface area contributed by atoms with Gasteiger partial charge in [0.15, 0.2) is 5.13 Å². The van der Waals surface area contributed by atoms with Crippen LogP contribution in [0.25, 0.3) is 0 Å². The van der Waals surface area contributed by atoms with Gasteiger partial charge in [0.05, 0.1) is 11.1 Å². The molecule has 2 aliphatic rings. The first-order chi connectivity index (χ1) is 9.23. The van der Waals surface area contributed by atoms with Crippen LogP contribution in [0, 0.1) is 23.2 Å². The molecule has 20 heavy (non-hydrogen) atoms. The van der Waals surface area contributed by atoms with Crippen molar-refractivity contribution in [3.63, 3.8) is 0 Å². The number of anilines is 1. The molecule has 0 unspecified atom stereocenters. The molecule has 2 bridgehead atoms. The summed E-state index contributed by atoms with van der Waals surface area (Å²) in [5.41, 5.74) is -0.324. The molecule has 0 spiro atoms. The molecule has 1 heterocycles. The van der Waals surface area contributed by atoms with Crippen LogP contribution in [-0.4, -0.2) is 16.7 Å². The number of Topliss-reactive ketones (excluding diaryl/α,β-unsaturated/α-hetero) is 1. The Morgan fingerprint density at radius 3 is 2.50 bits per heavy atom. The highest BCUT2D eigenvalue weighted by atomic mass is 32.1. The van der Waals surface area contributed by atoms with E-state index in [-0.39, 0.29) is 22.5 Å². The molecule has 108 valence electrons. The third-order valence-electron chi connectivity index (χ3n) is 5.98. The van der Waals surface area contributed by atoms with Crippen LogP contribution < -0.4 is 5.32 Å². The van der Waals surface area contributed by atoms with Crippen LogP contribution >= 0.6 is 11.3 Å². The van der Waals surface area contributed by atoms with Gasteiger partial charge in [-0.3, -0.25) is 9.59 Å². The number of hydrogen-bond donors (Lipinski definition) is 1. The Kier molecular flexibility index (Phi) is 2.68. The summed E-state index contributed by atoms with van der Waals surface area (Å²) in [6.45, 7) is 8.06. The van der Waals surface area contributed by atoms with Crippen molar-refractivity contribution in [2.24, 2.45) is 16.2 Å². The summed E-state index contributed by atoms with van der Waals surface area (Å²) in [4.78, 5) is 29.4. The minimum atomic E-state index is -0.571. The number of rotatable bonds is 2. The van der Waals surface area contributed by atoms with Crippen LogP contribution in [0.5, 0.6) is 0 Å². The molecule has 4 nitrogen and oxygen atoms in total. The van der Waals surface area contributed by atoms with E-state index in [1.807, 2.05) is 19.2 Å². The Bertz CT molecular complexity index is 607. The second-order valence-corrected chi connectivity index (χ2v) is 7.75. The van der Waals surface area contributed by atoms with Crippen molar-refractivity contribution in [1.29, 1.82) is 0 Å². The number of carbonyl (C=O) groups excluding carboxylic acids is 2. The van der Waals surface area contributed by atoms with E-state index in [0.29, 0.717) is 11.6 Å². The molecule has 3 rings (SSSR count). The number of hydrogen-bond acceptors (Lipinski definition) is 4. The molecule has 0 aromatic carbocycles. The zero-order valence-corrected chi connectivity index (χ0v) is 13.2. The summed E-state index contributed by atoms with van der Waals surface area (Å²) in [7, 11) is 0. The van der Waals surface area contributed by atoms with Crippen molar-refractivity contribution in [1.82, 2.24) is 4.98 Å². The van der Waals surface area contributed by atoms with E-state index in [2.05, 4.69) is 24.1 Å². The first-order valence-electron chi connectivity index (χ1n) is 7.00. The first kappa shape index (κ1) is 13.7. The van der Waals surface area contributed by atoms with Crippen molar-refractivity contribution in [2.75, 3.05) is 5.32 Å². The lowest BCUT2D eigenvalue weighted by Crippen LogP contribution is -2.43. The van der Waals surface area contributed by atoms with Crippen molar-refractivity contribution in [3.8, 4) is 0 Å². The molecule has 1 amide bonds. The Hall–Kier alpha value is -1.23. The summed E-state index contributed by atoms with van der Waals surface area (Å²) in [6, 6.07) is 0.